The van der Waals surface area contributed by atoms with Gasteiger partial charge in [-0.2, -0.15) is 0 Å². The summed E-state index contributed by atoms with van der Waals surface area (Å²) in [5, 5.41) is 3.69. The molecule has 24 heavy (non-hydrogen) atoms. The summed E-state index contributed by atoms with van der Waals surface area (Å²) in [5.41, 5.74) is 1.78. The van der Waals surface area contributed by atoms with E-state index in [2.05, 4.69) is 15.1 Å². The lowest BCUT2D eigenvalue weighted by Gasteiger charge is -2.39. The SMILES string of the molecule is Cc1cc(NC(=O)CN2CCC(N3CCOCC3)CC2)ccc1Cl. The second-order valence-corrected chi connectivity index (χ2v) is 7.08. The highest BCUT2D eigenvalue weighted by Gasteiger charge is 2.26. The number of hydrogen-bond acceptors (Lipinski definition) is 4. The van der Waals surface area contributed by atoms with Crippen LogP contribution in [0.15, 0.2) is 18.2 Å². The maximum atomic E-state index is 12.2. The third kappa shape index (κ3) is 4.70. The molecule has 132 valence electrons. The van der Waals surface area contributed by atoms with Gasteiger partial charge in [-0.25, -0.2) is 0 Å². The van der Waals surface area contributed by atoms with Crippen LogP contribution in [0.4, 0.5) is 5.69 Å². The van der Waals surface area contributed by atoms with Gasteiger partial charge in [0.15, 0.2) is 0 Å². The van der Waals surface area contributed by atoms with Gasteiger partial charge in [0.25, 0.3) is 0 Å². The fraction of sp³-hybridized carbons (Fsp3) is 0.611. The zero-order valence-electron chi connectivity index (χ0n) is 14.3. The number of piperidine rings is 1. The normalized spacial score (nSPS) is 20.9. The Hall–Kier alpha value is -1.14. The van der Waals surface area contributed by atoms with Crippen molar-refractivity contribution in [3.8, 4) is 0 Å². The van der Waals surface area contributed by atoms with Gasteiger partial charge >= 0.3 is 0 Å². The van der Waals surface area contributed by atoms with E-state index in [1.54, 1.807) is 0 Å². The van der Waals surface area contributed by atoms with Crippen LogP contribution >= 0.6 is 11.6 Å². The number of nitrogens with zero attached hydrogens (tertiary/aromatic N) is 2. The van der Waals surface area contributed by atoms with Crippen molar-refractivity contribution in [1.82, 2.24) is 9.80 Å². The zero-order valence-corrected chi connectivity index (χ0v) is 15.0. The van der Waals surface area contributed by atoms with E-state index in [0.29, 0.717) is 12.6 Å². The molecule has 2 heterocycles. The number of benzene rings is 1. The molecule has 1 amide bonds. The van der Waals surface area contributed by atoms with Gasteiger partial charge in [0, 0.05) is 42.9 Å². The van der Waals surface area contributed by atoms with Crippen molar-refractivity contribution in [1.29, 1.82) is 0 Å². The number of likely N-dealkylation sites (tertiary alicyclic amines) is 1. The quantitative estimate of drug-likeness (QED) is 0.904. The average molecular weight is 352 g/mol. The van der Waals surface area contributed by atoms with E-state index in [9.17, 15) is 4.79 Å². The lowest BCUT2D eigenvalue weighted by molar-refractivity contribution is -0.117. The number of ether oxygens (including phenoxy) is 1. The maximum Gasteiger partial charge on any atom is 0.238 e. The molecule has 0 bridgehead atoms. The summed E-state index contributed by atoms with van der Waals surface area (Å²) < 4.78 is 5.42. The van der Waals surface area contributed by atoms with E-state index >= 15 is 0 Å². The molecule has 5 nitrogen and oxygen atoms in total. The monoisotopic (exact) mass is 351 g/mol. The molecule has 0 saturated carbocycles. The molecule has 2 saturated heterocycles. The molecule has 2 aliphatic heterocycles. The first-order valence-electron chi connectivity index (χ1n) is 8.72. The standard InChI is InChI=1S/C18H26ClN3O2/c1-14-12-15(2-3-17(14)19)20-18(23)13-21-6-4-16(5-7-21)22-8-10-24-11-9-22/h2-3,12,16H,4-11,13H2,1H3,(H,20,23). The number of carbonyl (C=O) groups is 1. The molecule has 0 atom stereocenters. The number of hydrogen-bond donors (Lipinski definition) is 1. The Bertz CT molecular complexity index is 567. The van der Waals surface area contributed by atoms with Crippen LogP contribution in [-0.4, -0.2) is 67.7 Å². The number of morpholine rings is 1. The van der Waals surface area contributed by atoms with E-state index in [4.69, 9.17) is 16.3 Å². The van der Waals surface area contributed by atoms with Gasteiger partial charge in [0.2, 0.25) is 5.91 Å². The highest BCUT2D eigenvalue weighted by Crippen LogP contribution is 2.20. The summed E-state index contributed by atoms with van der Waals surface area (Å²) >= 11 is 6.02. The van der Waals surface area contributed by atoms with Crippen LogP contribution in [0, 0.1) is 6.92 Å². The van der Waals surface area contributed by atoms with Crippen LogP contribution in [-0.2, 0) is 9.53 Å². The van der Waals surface area contributed by atoms with Crippen molar-refractivity contribution in [2.45, 2.75) is 25.8 Å². The minimum absolute atomic E-state index is 0.0431. The molecule has 2 aliphatic rings. The molecule has 0 radical (unpaired) electrons. The Kier molecular flexibility index (Phi) is 6.11. The molecule has 0 aromatic heterocycles. The fourth-order valence-electron chi connectivity index (χ4n) is 3.51. The molecule has 2 fully saturated rings. The van der Waals surface area contributed by atoms with E-state index < -0.39 is 0 Å². The molecule has 1 aromatic carbocycles. The summed E-state index contributed by atoms with van der Waals surface area (Å²) in [7, 11) is 0. The predicted molar refractivity (Wildman–Crippen MR) is 96.7 cm³/mol. The Balaban J connectivity index is 1.43. The molecular formula is C18H26ClN3O2. The number of anilines is 1. The largest absolute Gasteiger partial charge is 0.379 e. The molecule has 0 unspecified atom stereocenters. The maximum absolute atomic E-state index is 12.2. The van der Waals surface area contributed by atoms with Crippen LogP contribution in [0.3, 0.4) is 0 Å². The predicted octanol–water partition coefficient (Wildman–Crippen LogP) is 2.38. The molecule has 0 aliphatic carbocycles. The lowest BCUT2D eigenvalue weighted by Crippen LogP contribution is -2.50. The van der Waals surface area contributed by atoms with Crippen LogP contribution in [0.1, 0.15) is 18.4 Å². The van der Waals surface area contributed by atoms with E-state index in [0.717, 1.165) is 68.5 Å². The number of amides is 1. The second kappa shape index (κ2) is 8.30. The van der Waals surface area contributed by atoms with Gasteiger partial charge in [-0.05, 0) is 43.5 Å². The van der Waals surface area contributed by atoms with Crippen LogP contribution in [0.25, 0.3) is 0 Å². The minimum atomic E-state index is 0.0431. The van der Waals surface area contributed by atoms with Crippen molar-refractivity contribution < 1.29 is 9.53 Å². The van der Waals surface area contributed by atoms with Gasteiger partial charge in [0.05, 0.1) is 19.8 Å². The fourth-order valence-corrected chi connectivity index (χ4v) is 3.63. The van der Waals surface area contributed by atoms with Gasteiger partial charge < -0.3 is 10.1 Å². The number of rotatable bonds is 4. The topological polar surface area (TPSA) is 44.8 Å². The van der Waals surface area contributed by atoms with Crippen LogP contribution < -0.4 is 5.32 Å². The molecular weight excluding hydrogens is 326 g/mol. The second-order valence-electron chi connectivity index (χ2n) is 6.67. The first-order chi connectivity index (χ1) is 11.6. The van der Waals surface area contributed by atoms with Crippen LogP contribution in [0.5, 0.6) is 0 Å². The third-order valence-corrected chi connectivity index (χ3v) is 5.35. The smallest absolute Gasteiger partial charge is 0.238 e. The molecule has 1 aromatic rings. The van der Waals surface area contributed by atoms with E-state index in [1.807, 2.05) is 25.1 Å². The number of nitrogens with one attached hydrogen (secondary N) is 1. The Labute approximate surface area is 148 Å². The zero-order chi connectivity index (χ0) is 16.9. The summed E-state index contributed by atoms with van der Waals surface area (Å²) in [5.74, 6) is 0.0431. The number of halogens is 1. The first-order valence-corrected chi connectivity index (χ1v) is 9.10. The van der Waals surface area contributed by atoms with Gasteiger partial charge in [-0.15, -0.1) is 0 Å². The summed E-state index contributed by atoms with van der Waals surface area (Å²) in [6, 6.07) is 6.22. The molecule has 0 spiro atoms. The van der Waals surface area contributed by atoms with Gasteiger partial charge in [0.1, 0.15) is 0 Å². The van der Waals surface area contributed by atoms with Gasteiger partial charge in [-0.3, -0.25) is 14.6 Å². The Morgan fingerprint density at radius 3 is 2.62 bits per heavy atom. The lowest BCUT2D eigenvalue weighted by atomic mass is 10.0. The minimum Gasteiger partial charge on any atom is -0.379 e. The average Bonchev–Trinajstić information content (AvgIpc) is 2.59. The van der Waals surface area contributed by atoms with E-state index in [1.165, 1.54) is 0 Å². The summed E-state index contributed by atoms with van der Waals surface area (Å²) in [6.07, 6.45) is 2.26. The van der Waals surface area contributed by atoms with Crippen molar-refractivity contribution >= 4 is 23.2 Å². The van der Waals surface area contributed by atoms with Crippen molar-refractivity contribution in [2.75, 3.05) is 51.3 Å². The third-order valence-electron chi connectivity index (χ3n) is 4.93. The van der Waals surface area contributed by atoms with Gasteiger partial charge in [-0.1, -0.05) is 11.6 Å². The van der Waals surface area contributed by atoms with Crippen molar-refractivity contribution in [3.63, 3.8) is 0 Å². The van der Waals surface area contributed by atoms with Crippen molar-refractivity contribution in [3.05, 3.63) is 28.8 Å². The first kappa shape index (κ1) is 17.7. The molecule has 6 heteroatoms. The molecule has 1 N–H and O–H groups in total. The number of carbonyl (C=O) groups excluding carboxylic acids is 1. The Morgan fingerprint density at radius 1 is 1.25 bits per heavy atom. The molecule has 3 rings (SSSR count). The number of aryl methyl sites for hydroxylation is 1. The highest BCUT2D eigenvalue weighted by molar-refractivity contribution is 6.31. The Morgan fingerprint density at radius 2 is 1.96 bits per heavy atom. The van der Waals surface area contributed by atoms with Crippen molar-refractivity contribution in [2.24, 2.45) is 0 Å². The van der Waals surface area contributed by atoms with E-state index in [-0.39, 0.29) is 5.91 Å². The summed E-state index contributed by atoms with van der Waals surface area (Å²) in [4.78, 5) is 17.0. The van der Waals surface area contributed by atoms with Crippen LogP contribution in [0.2, 0.25) is 5.02 Å². The highest BCUT2D eigenvalue weighted by atomic mass is 35.5. The summed E-state index contributed by atoms with van der Waals surface area (Å²) in [6.45, 7) is 8.14.